The number of aryl methyl sites for hydroxylation is 1. The van der Waals surface area contributed by atoms with Gasteiger partial charge >= 0.3 is 0 Å². The molecule has 0 spiro atoms. The van der Waals surface area contributed by atoms with Crippen LogP contribution < -0.4 is 20.4 Å². The van der Waals surface area contributed by atoms with Crippen LogP contribution in [-0.4, -0.2) is 54.6 Å². The number of nitrogens with zero attached hydrogens (tertiary/aromatic N) is 5. The van der Waals surface area contributed by atoms with E-state index in [2.05, 4.69) is 96.8 Å². The molecule has 0 atom stereocenters. The Balaban J connectivity index is 1.62. The number of methoxy groups -OCH3 is 1. The van der Waals surface area contributed by atoms with Crippen LogP contribution in [0, 0.1) is 14.1 Å². The van der Waals surface area contributed by atoms with Crippen molar-refractivity contribution in [1.82, 2.24) is 15.0 Å². The Labute approximate surface area is 233 Å². The average molecular weight is 750 g/mol. The lowest BCUT2D eigenvalue weighted by Gasteiger charge is -2.27. The highest BCUT2D eigenvalue weighted by Gasteiger charge is 2.17. The van der Waals surface area contributed by atoms with Gasteiger partial charge in [0, 0.05) is 26.7 Å². The summed E-state index contributed by atoms with van der Waals surface area (Å²) in [6.07, 6.45) is 1.70. The van der Waals surface area contributed by atoms with Crippen molar-refractivity contribution in [2.45, 2.75) is 6.92 Å². The molecule has 1 saturated heterocycles. The molecule has 0 unspecified atom stereocenters. The van der Waals surface area contributed by atoms with Gasteiger partial charge in [0.1, 0.15) is 5.75 Å². The molecule has 1 aliphatic heterocycles. The van der Waals surface area contributed by atoms with E-state index in [1.165, 1.54) is 0 Å². The molecule has 0 saturated carbocycles. The Morgan fingerprint density at radius 3 is 2.62 bits per heavy atom. The number of rotatable bonds is 7. The van der Waals surface area contributed by atoms with Gasteiger partial charge in [-0.3, -0.25) is 0 Å². The third-order valence-corrected chi connectivity index (χ3v) is 6.98. The predicted octanol–water partition coefficient (Wildman–Crippen LogP) is 5.19. The lowest BCUT2D eigenvalue weighted by molar-refractivity contribution is 0.122. The quantitative estimate of drug-likeness (QED) is 0.194. The molecule has 178 valence electrons. The molecule has 12 heteroatoms. The third kappa shape index (κ3) is 6.46. The molecule has 2 N–H and O–H groups in total. The number of nitrogens with one attached hydrogen (secondary N) is 2. The minimum atomic E-state index is 0.331. The Bertz CT molecular complexity index is 1210. The number of aromatic nitrogens is 3. The van der Waals surface area contributed by atoms with Crippen molar-refractivity contribution in [2.75, 3.05) is 49.1 Å². The monoisotopic (exact) mass is 749 g/mol. The highest BCUT2D eigenvalue weighted by Crippen LogP contribution is 2.28. The number of anilines is 4. The summed E-state index contributed by atoms with van der Waals surface area (Å²) >= 11 is 8.12. The molecule has 3 aromatic rings. The Morgan fingerprint density at radius 2 is 1.88 bits per heavy atom. The maximum Gasteiger partial charge on any atom is 0.250 e. The first kappa shape index (κ1) is 25.3. The predicted molar refractivity (Wildman–Crippen MR) is 155 cm³/mol. The van der Waals surface area contributed by atoms with Gasteiger partial charge < -0.3 is 19.7 Å². The normalized spacial score (nSPS) is 13.9. The topological polar surface area (TPSA) is 96.8 Å². The van der Waals surface area contributed by atoms with Crippen molar-refractivity contribution in [1.29, 1.82) is 0 Å². The Morgan fingerprint density at radius 1 is 1.12 bits per heavy atom. The standard InChI is InChI=1S/C22H22BrI2N7O2/c1-13-3-4-18(16(23)9-13)27-20-28-21(30-22(29-20)32-5-7-34-8-6-32)31-26-12-14-10-15(24)11-17(25)19(14)33-2/h3-4,9-12H,5-8H2,1-2H3,(H2,27,28,29,30,31)/b26-12-. The van der Waals surface area contributed by atoms with Crippen LogP contribution in [0.2, 0.25) is 0 Å². The highest BCUT2D eigenvalue weighted by atomic mass is 127. The molecule has 9 nitrogen and oxygen atoms in total. The summed E-state index contributed by atoms with van der Waals surface area (Å²) in [6.45, 7) is 4.71. The van der Waals surface area contributed by atoms with E-state index < -0.39 is 0 Å². The molecule has 0 amide bonds. The molecule has 1 aliphatic rings. The Kier molecular flexibility index (Phi) is 8.76. The lowest BCUT2D eigenvalue weighted by Crippen LogP contribution is -2.37. The SMILES string of the molecule is COc1c(I)cc(I)cc1/C=N\Nc1nc(Nc2ccc(C)cc2Br)nc(N2CCOCC2)n1. The second-order valence-electron chi connectivity index (χ2n) is 7.37. The van der Waals surface area contributed by atoms with Gasteiger partial charge in [0.25, 0.3) is 0 Å². The summed E-state index contributed by atoms with van der Waals surface area (Å²) in [5.41, 5.74) is 5.82. The van der Waals surface area contributed by atoms with E-state index in [-0.39, 0.29) is 0 Å². The largest absolute Gasteiger partial charge is 0.495 e. The van der Waals surface area contributed by atoms with Crippen LogP contribution in [0.15, 0.2) is 39.9 Å². The van der Waals surface area contributed by atoms with Crippen LogP contribution in [0.1, 0.15) is 11.1 Å². The fourth-order valence-corrected chi connectivity index (χ4v) is 5.97. The molecule has 4 rings (SSSR count). The second-order valence-corrected chi connectivity index (χ2v) is 10.6. The summed E-state index contributed by atoms with van der Waals surface area (Å²) in [4.78, 5) is 15.8. The molecule has 0 aliphatic carbocycles. The first-order valence-corrected chi connectivity index (χ1v) is 13.3. The zero-order chi connectivity index (χ0) is 24.1. The molecule has 1 aromatic heterocycles. The number of hydrazone groups is 1. The van der Waals surface area contributed by atoms with Crippen molar-refractivity contribution in [3.63, 3.8) is 0 Å². The van der Waals surface area contributed by atoms with Crippen molar-refractivity contribution >= 4 is 90.9 Å². The smallest absolute Gasteiger partial charge is 0.250 e. The van der Waals surface area contributed by atoms with E-state index in [9.17, 15) is 0 Å². The second kappa shape index (κ2) is 11.8. The molecule has 1 fully saturated rings. The van der Waals surface area contributed by atoms with Gasteiger partial charge in [0.2, 0.25) is 17.8 Å². The zero-order valence-electron chi connectivity index (χ0n) is 18.5. The minimum absolute atomic E-state index is 0.331. The summed E-state index contributed by atoms with van der Waals surface area (Å²) in [5.74, 6) is 2.07. The number of hydrogen-bond donors (Lipinski definition) is 2. The Hall–Kier alpha value is -1.78. The maximum absolute atomic E-state index is 5.53. The summed E-state index contributed by atoms with van der Waals surface area (Å²) in [7, 11) is 1.65. The van der Waals surface area contributed by atoms with E-state index in [1.807, 2.05) is 37.3 Å². The van der Waals surface area contributed by atoms with Crippen molar-refractivity contribution in [3.8, 4) is 5.75 Å². The van der Waals surface area contributed by atoms with E-state index in [0.29, 0.717) is 44.1 Å². The molecule has 2 heterocycles. The van der Waals surface area contributed by atoms with Gasteiger partial charge in [-0.2, -0.15) is 20.1 Å². The molecule has 34 heavy (non-hydrogen) atoms. The summed E-state index contributed by atoms with van der Waals surface area (Å²) in [5, 5.41) is 7.65. The summed E-state index contributed by atoms with van der Waals surface area (Å²) in [6, 6.07) is 10.1. The van der Waals surface area contributed by atoms with Crippen molar-refractivity contribution in [3.05, 3.63) is 53.1 Å². The van der Waals surface area contributed by atoms with E-state index in [1.54, 1.807) is 13.3 Å². The highest BCUT2D eigenvalue weighted by molar-refractivity contribution is 14.1. The molecular formula is C22H22BrI2N7O2. The van der Waals surface area contributed by atoms with E-state index in [0.717, 1.165) is 34.2 Å². The number of halogens is 3. The first-order chi connectivity index (χ1) is 16.4. The minimum Gasteiger partial charge on any atom is -0.495 e. The molecule has 0 radical (unpaired) electrons. The van der Waals surface area contributed by atoms with Crippen molar-refractivity contribution in [2.24, 2.45) is 5.10 Å². The zero-order valence-corrected chi connectivity index (χ0v) is 24.4. The van der Waals surface area contributed by atoms with Gasteiger partial charge in [-0.15, -0.1) is 0 Å². The van der Waals surface area contributed by atoms with Crippen LogP contribution in [0.3, 0.4) is 0 Å². The molecule has 0 bridgehead atoms. The number of ether oxygens (including phenoxy) is 2. The van der Waals surface area contributed by atoms with Gasteiger partial charge in [-0.25, -0.2) is 5.43 Å². The van der Waals surface area contributed by atoms with Crippen LogP contribution in [-0.2, 0) is 4.74 Å². The number of hydrogen-bond acceptors (Lipinski definition) is 9. The number of benzene rings is 2. The van der Waals surface area contributed by atoms with Crippen molar-refractivity contribution < 1.29 is 9.47 Å². The number of morpholine rings is 1. The van der Waals surface area contributed by atoms with Crippen LogP contribution in [0.5, 0.6) is 5.75 Å². The van der Waals surface area contributed by atoms with E-state index in [4.69, 9.17) is 9.47 Å². The fraction of sp³-hybridized carbons (Fsp3) is 0.273. The van der Waals surface area contributed by atoms with Gasteiger partial charge in [0.05, 0.1) is 35.8 Å². The van der Waals surface area contributed by atoms with Crippen LogP contribution in [0.25, 0.3) is 0 Å². The lowest BCUT2D eigenvalue weighted by atomic mass is 10.2. The van der Waals surface area contributed by atoms with Gasteiger partial charge in [0.15, 0.2) is 0 Å². The molecular weight excluding hydrogens is 728 g/mol. The third-order valence-electron chi connectivity index (χ3n) is 4.90. The van der Waals surface area contributed by atoms with Crippen LogP contribution in [0.4, 0.5) is 23.5 Å². The van der Waals surface area contributed by atoms with Gasteiger partial charge in [-0.1, -0.05) is 6.07 Å². The van der Waals surface area contributed by atoms with E-state index >= 15 is 0 Å². The average Bonchev–Trinajstić information content (AvgIpc) is 2.81. The maximum atomic E-state index is 5.53. The summed E-state index contributed by atoms with van der Waals surface area (Å²) < 4.78 is 14.0. The molecule has 2 aromatic carbocycles. The first-order valence-electron chi connectivity index (χ1n) is 10.4. The van der Waals surface area contributed by atoms with Crippen LogP contribution >= 0.6 is 61.1 Å². The van der Waals surface area contributed by atoms with Gasteiger partial charge in [-0.05, 0) is 97.9 Å². The fourth-order valence-electron chi connectivity index (χ4n) is 3.27.